The van der Waals surface area contributed by atoms with Crippen molar-refractivity contribution in [1.82, 2.24) is 5.32 Å². The predicted octanol–water partition coefficient (Wildman–Crippen LogP) is 5.34. The molecule has 0 fully saturated rings. The van der Waals surface area contributed by atoms with Crippen LogP contribution in [-0.2, 0) is 16.6 Å². The van der Waals surface area contributed by atoms with Crippen LogP contribution >= 0.6 is 23.2 Å². The third kappa shape index (κ3) is 5.33. The SMILES string of the molecule is Cc1ccc(NS(=O)(=O)c2cc(C(=O)NCc3ccc(Cl)cc3Cl)ccc2C)cc1. The molecule has 3 aromatic carbocycles. The van der Waals surface area contributed by atoms with E-state index in [0.717, 1.165) is 5.56 Å². The summed E-state index contributed by atoms with van der Waals surface area (Å²) in [6.45, 7) is 3.78. The van der Waals surface area contributed by atoms with Gasteiger partial charge in [0.15, 0.2) is 0 Å². The fourth-order valence-corrected chi connectivity index (χ4v) is 4.61. The van der Waals surface area contributed by atoms with Gasteiger partial charge in [-0.25, -0.2) is 8.42 Å². The van der Waals surface area contributed by atoms with Crippen LogP contribution in [0.2, 0.25) is 10.0 Å². The van der Waals surface area contributed by atoms with E-state index in [4.69, 9.17) is 23.2 Å². The summed E-state index contributed by atoms with van der Waals surface area (Å²) in [5, 5.41) is 3.69. The number of rotatable bonds is 6. The molecular formula is C22H20Cl2N2O3S. The number of aryl methyl sites for hydroxylation is 2. The second-order valence-corrected chi connectivity index (χ2v) is 9.36. The molecule has 0 saturated carbocycles. The maximum Gasteiger partial charge on any atom is 0.262 e. The molecule has 0 bridgehead atoms. The van der Waals surface area contributed by atoms with Gasteiger partial charge in [-0.1, -0.05) is 53.0 Å². The van der Waals surface area contributed by atoms with Gasteiger partial charge in [0.05, 0.1) is 4.90 Å². The first-order chi connectivity index (χ1) is 14.2. The first kappa shape index (κ1) is 22.2. The summed E-state index contributed by atoms with van der Waals surface area (Å²) in [6.07, 6.45) is 0. The van der Waals surface area contributed by atoms with Gasteiger partial charge in [-0.3, -0.25) is 9.52 Å². The van der Waals surface area contributed by atoms with E-state index < -0.39 is 15.9 Å². The Bertz CT molecular complexity index is 1190. The van der Waals surface area contributed by atoms with Gasteiger partial charge in [-0.15, -0.1) is 0 Å². The molecule has 0 aliphatic carbocycles. The number of amides is 1. The Morgan fingerprint density at radius 1 is 0.933 bits per heavy atom. The molecule has 0 spiro atoms. The maximum absolute atomic E-state index is 12.9. The number of anilines is 1. The normalized spacial score (nSPS) is 11.2. The summed E-state index contributed by atoms with van der Waals surface area (Å²) < 4.78 is 28.3. The van der Waals surface area contributed by atoms with Crippen LogP contribution in [0.4, 0.5) is 5.69 Å². The van der Waals surface area contributed by atoms with Crippen LogP contribution in [0.5, 0.6) is 0 Å². The molecule has 5 nitrogen and oxygen atoms in total. The van der Waals surface area contributed by atoms with E-state index in [1.165, 1.54) is 6.07 Å². The fraction of sp³-hybridized carbons (Fsp3) is 0.136. The molecule has 8 heteroatoms. The average molecular weight is 463 g/mol. The van der Waals surface area contributed by atoms with Crippen LogP contribution in [0.15, 0.2) is 65.6 Å². The minimum atomic E-state index is -3.86. The van der Waals surface area contributed by atoms with Gasteiger partial charge in [-0.05, 0) is 61.4 Å². The van der Waals surface area contributed by atoms with Crippen LogP contribution in [-0.4, -0.2) is 14.3 Å². The van der Waals surface area contributed by atoms with Gasteiger partial charge in [-0.2, -0.15) is 0 Å². The first-order valence-electron chi connectivity index (χ1n) is 9.08. The molecular weight excluding hydrogens is 443 g/mol. The Kier molecular flexibility index (Phi) is 6.71. The van der Waals surface area contributed by atoms with Crippen molar-refractivity contribution in [2.45, 2.75) is 25.3 Å². The second-order valence-electron chi connectivity index (χ2n) is 6.87. The average Bonchev–Trinajstić information content (AvgIpc) is 2.69. The highest BCUT2D eigenvalue weighted by Crippen LogP contribution is 2.23. The molecule has 3 rings (SSSR count). The van der Waals surface area contributed by atoms with Gasteiger partial charge in [0.2, 0.25) is 0 Å². The Morgan fingerprint density at radius 2 is 1.63 bits per heavy atom. The zero-order valence-corrected chi connectivity index (χ0v) is 18.7. The Labute approximate surface area is 186 Å². The lowest BCUT2D eigenvalue weighted by Gasteiger charge is -2.13. The first-order valence-corrected chi connectivity index (χ1v) is 11.3. The number of hydrogen-bond donors (Lipinski definition) is 2. The molecule has 2 N–H and O–H groups in total. The molecule has 3 aromatic rings. The van der Waals surface area contributed by atoms with Gasteiger partial charge in [0, 0.05) is 27.8 Å². The van der Waals surface area contributed by atoms with Crippen molar-refractivity contribution in [2.24, 2.45) is 0 Å². The molecule has 30 heavy (non-hydrogen) atoms. The van der Waals surface area contributed by atoms with E-state index >= 15 is 0 Å². The topological polar surface area (TPSA) is 75.3 Å². The lowest BCUT2D eigenvalue weighted by atomic mass is 10.1. The molecule has 0 atom stereocenters. The molecule has 0 aliphatic rings. The van der Waals surface area contributed by atoms with Crippen molar-refractivity contribution in [3.63, 3.8) is 0 Å². The third-order valence-corrected chi connectivity index (χ3v) is 6.61. The standard InChI is InChI=1S/C22H20Cl2N2O3S/c1-14-3-9-19(10-4-14)26-30(28,29)21-11-16(6-5-15(21)2)22(27)25-13-17-7-8-18(23)12-20(17)24/h3-12,26H,13H2,1-2H3,(H,25,27). The van der Waals surface area contributed by atoms with Gasteiger partial charge < -0.3 is 5.32 Å². The lowest BCUT2D eigenvalue weighted by molar-refractivity contribution is 0.0950. The highest BCUT2D eigenvalue weighted by molar-refractivity contribution is 7.92. The molecule has 0 saturated heterocycles. The molecule has 156 valence electrons. The maximum atomic E-state index is 12.9. The van der Waals surface area contributed by atoms with Gasteiger partial charge >= 0.3 is 0 Å². The van der Waals surface area contributed by atoms with Crippen molar-refractivity contribution in [2.75, 3.05) is 4.72 Å². The Hall–Kier alpha value is -2.54. The van der Waals surface area contributed by atoms with Crippen LogP contribution in [0.3, 0.4) is 0 Å². The highest BCUT2D eigenvalue weighted by Gasteiger charge is 2.19. The Morgan fingerprint density at radius 3 is 2.30 bits per heavy atom. The smallest absolute Gasteiger partial charge is 0.262 e. The monoisotopic (exact) mass is 462 g/mol. The zero-order chi connectivity index (χ0) is 21.9. The molecule has 1 amide bonds. The third-order valence-electron chi connectivity index (χ3n) is 4.50. The summed E-state index contributed by atoms with van der Waals surface area (Å²) in [5.41, 5.74) is 2.94. The summed E-state index contributed by atoms with van der Waals surface area (Å²) >= 11 is 12.0. The van der Waals surface area contributed by atoms with E-state index in [0.29, 0.717) is 26.9 Å². The van der Waals surface area contributed by atoms with E-state index in [1.807, 2.05) is 19.1 Å². The van der Waals surface area contributed by atoms with Gasteiger partial charge in [0.25, 0.3) is 15.9 Å². The Balaban J connectivity index is 1.79. The lowest BCUT2D eigenvalue weighted by Crippen LogP contribution is -2.24. The van der Waals surface area contributed by atoms with Crippen molar-refractivity contribution >= 4 is 44.8 Å². The number of sulfonamides is 1. The minimum Gasteiger partial charge on any atom is -0.348 e. The molecule has 0 heterocycles. The van der Waals surface area contributed by atoms with Crippen LogP contribution < -0.4 is 10.0 Å². The summed E-state index contributed by atoms with van der Waals surface area (Å²) in [4.78, 5) is 12.6. The molecule has 0 radical (unpaired) electrons. The summed E-state index contributed by atoms with van der Waals surface area (Å²) in [5.74, 6) is -0.409. The molecule has 0 unspecified atom stereocenters. The molecule has 0 aromatic heterocycles. The van der Waals surface area contributed by atoms with Crippen molar-refractivity contribution < 1.29 is 13.2 Å². The molecule has 0 aliphatic heterocycles. The van der Waals surface area contributed by atoms with E-state index in [-0.39, 0.29) is 17.0 Å². The van der Waals surface area contributed by atoms with Crippen LogP contribution in [0.1, 0.15) is 27.0 Å². The zero-order valence-electron chi connectivity index (χ0n) is 16.4. The van der Waals surface area contributed by atoms with E-state index in [2.05, 4.69) is 10.0 Å². The minimum absolute atomic E-state index is 0.0419. The summed E-state index contributed by atoms with van der Waals surface area (Å²) in [6, 6.07) is 16.6. The van der Waals surface area contributed by atoms with Crippen LogP contribution in [0.25, 0.3) is 0 Å². The van der Waals surface area contributed by atoms with Crippen molar-refractivity contribution in [3.8, 4) is 0 Å². The quantitative estimate of drug-likeness (QED) is 0.518. The number of halogens is 2. The largest absolute Gasteiger partial charge is 0.348 e. The van der Waals surface area contributed by atoms with E-state index in [9.17, 15) is 13.2 Å². The number of hydrogen-bond acceptors (Lipinski definition) is 3. The number of nitrogens with one attached hydrogen (secondary N) is 2. The van der Waals surface area contributed by atoms with E-state index in [1.54, 1.807) is 49.4 Å². The van der Waals surface area contributed by atoms with Crippen molar-refractivity contribution in [1.29, 1.82) is 0 Å². The highest BCUT2D eigenvalue weighted by atomic mass is 35.5. The summed E-state index contributed by atoms with van der Waals surface area (Å²) in [7, 11) is -3.86. The second kappa shape index (κ2) is 9.08. The van der Waals surface area contributed by atoms with Gasteiger partial charge in [0.1, 0.15) is 0 Å². The number of carbonyl (C=O) groups excluding carboxylic acids is 1. The number of carbonyl (C=O) groups is 1. The van der Waals surface area contributed by atoms with Crippen molar-refractivity contribution in [3.05, 3.63) is 93.0 Å². The van der Waals surface area contributed by atoms with Crippen LogP contribution in [0, 0.1) is 13.8 Å². The number of benzene rings is 3. The predicted molar refractivity (Wildman–Crippen MR) is 121 cm³/mol. The fourth-order valence-electron chi connectivity index (χ4n) is 2.81.